The lowest BCUT2D eigenvalue weighted by molar-refractivity contribution is 0.361. The van der Waals surface area contributed by atoms with Gasteiger partial charge in [-0.3, -0.25) is 4.99 Å². The lowest BCUT2D eigenvalue weighted by Gasteiger charge is -2.12. The van der Waals surface area contributed by atoms with Crippen molar-refractivity contribution in [1.29, 1.82) is 0 Å². The Labute approximate surface area is 159 Å². The van der Waals surface area contributed by atoms with Gasteiger partial charge in [-0.05, 0) is 12.8 Å². The Hall–Kier alpha value is -1.64. The van der Waals surface area contributed by atoms with Gasteiger partial charge >= 0.3 is 0 Å². The van der Waals surface area contributed by atoms with Crippen LogP contribution in [0.2, 0.25) is 0 Å². The smallest absolute Gasteiger partial charge is 0.231 e. The topological polar surface area (TPSA) is 89.3 Å². The molecule has 1 aliphatic carbocycles. The minimum Gasteiger partial charge on any atom is -0.370 e. The zero-order chi connectivity index (χ0) is 16.1. The van der Waals surface area contributed by atoms with Crippen molar-refractivity contribution in [2.24, 2.45) is 10.7 Å². The van der Waals surface area contributed by atoms with Crippen LogP contribution in [0, 0.1) is 0 Å². The molecule has 0 spiro atoms. The molecular weight excluding hydrogens is 417 g/mol. The maximum Gasteiger partial charge on any atom is 0.231 e. The molecule has 1 unspecified atom stereocenters. The lowest BCUT2D eigenvalue weighted by Crippen LogP contribution is -2.38. The fourth-order valence-electron chi connectivity index (χ4n) is 2.78. The van der Waals surface area contributed by atoms with Crippen LogP contribution in [-0.4, -0.2) is 28.7 Å². The summed E-state index contributed by atoms with van der Waals surface area (Å²) in [6, 6.07) is 10.3. The van der Waals surface area contributed by atoms with Crippen LogP contribution in [-0.2, 0) is 0 Å². The standard InChI is InChI=1S/C17H23N5O.HI/c1-12(11-19-17(18)20-14-9-5-6-10-14)16-21-15(22-23-16)13-7-3-2-4-8-13;/h2-4,7-8,12,14H,5-6,9-11H2,1H3,(H3,18,19,20);1H. The second-order valence-electron chi connectivity index (χ2n) is 6.07. The van der Waals surface area contributed by atoms with Crippen molar-refractivity contribution in [3.05, 3.63) is 36.2 Å². The molecule has 1 saturated carbocycles. The number of nitrogens with two attached hydrogens (primary N) is 1. The van der Waals surface area contributed by atoms with Crippen LogP contribution < -0.4 is 11.1 Å². The van der Waals surface area contributed by atoms with Crippen LogP contribution in [0.5, 0.6) is 0 Å². The van der Waals surface area contributed by atoms with Crippen LogP contribution in [0.4, 0.5) is 0 Å². The SMILES string of the molecule is CC(CN=C(N)NC1CCCC1)c1nc(-c2ccccc2)no1.I. The molecule has 130 valence electrons. The molecule has 1 atom stereocenters. The number of hydrogen-bond donors (Lipinski definition) is 2. The molecule has 1 fully saturated rings. The highest BCUT2D eigenvalue weighted by Crippen LogP contribution is 2.20. The lowest BCUT2D eigenvalue weighted by atomic mass is 10.2. The summed E-state index contributed by atoms with van der Waals surface area (Å²) >= 11 is 0. The molecule has 1 aromatic carbocycles. The minimum absolute atomic E-state index is 0. The molecule has 2 aromatic rings. The van der Waals surface area contributed by atoms with E-state index in [1.807, 2.05) is 37.3 Å². The molecule has 3 rings (SSSR count). The number of nitrogens with zero attached hydrogens (tertiary/aromatic N) is 3. The Bertz CT molecular complexity index is 652. The zero-order valence-corrected chi connectivity index (χ0v) is 16.1. The third-order valence-corrected chi connectivity index (χ3v) is 4.14. The van der Waals surface area contributed by atoms with Gasteiger partial charge < -0.3 is 15.6 Å². The van der Waals surface area contributed by atoms with E-state index in [9.17, 15) is 0 Å². The zero-order valence-electron chi connectivity index (χ0n) is 13.8. The van der Waals surface area contributed by atoms with E-state index >= 15 is 0 Å². The van der Waals surface area contributed by atoms with Crippen molar-refractivity contribution >= 4 is 29.9 Å². The highest BCUT2D eigenvalue weighted by molar-refractivity contribution is 14.0. The van der Waals surface area contributed by atoms with E-state index in [0.717, 1.165) is 5.56 Å². The van der Waals surface area contributed by atoms with Crippen LogP contribution in [0.25, 0.3) is 11.4 Å². The maximum atomic E-state index is 5.95. The average Bonchev–Trinajstić information content (AvgIpc) is 3.25. The first kappa shape index (κ1) is 18.7. The van der Waals surface area contributed by atoms with Crippen LogP contribution in [0.15, 0.2) is 39.8 Å². The Morgan fingerprint density at radius 3 is 2.75 bits per heavy atom. The van der Waals surface area contributed by atoms with E-state index in [4.69, 9.17) is 10.3 Å². The predicted molar refractivity (Wildman–Crippen MR) is 105 cm³/mol. The van der Waals surface area contributed by atoms with Crippen molar-refractivity contribution in [3.63, 3.8) is 0 Å². The van der Waals surface area contributed by atoms with Gasteiger partial charge in [-0.2, -0.15) is 4.98 Å². The minimum atomic E-state index is 0. The summed E-state index contributed by atoms with van der Waals surface area (Å²) in [5, 5.41) is 7.31. The van der Waals surface area contributed by atoms with Gasteiger partial charge in [0.1, 0.15) is 0 Å². The van der Waals surface area contributed by atoms with Crippen LogP contribution in [0.3, 0.4) is 0 Å². The van der Waals surface area contributed by atoms with E-state index in [0.29, 0.717) is 30.3 Å². The summed E-state index contributed by atoms with van der Waals surface area (Å²) in [6.07, 6.45) is 4.89. The molecule has 0 bridgehead atoms. The van der Waals surface area contributed by atoms with Crippen molar-refractivity contribution in [2.75, 3.05) is 6.54 Å². The van der Waals surface area contributed by atoms with E-state index in [-0.39, 0.29) is 29.9 Å². The van der Waals surface area contributed by atoms with Gasteiger partial charge in [0.05, 0.1) is 12.5 Å². The van der Waals surface area contributed by atoms with Gasteiger partial charge in [-0.15, -0.1) is 24.0 Å². The number of nitrogens with one attached hydrogen (secondary N) is 1. The number of benzene rings is 1. The third-order valence-electron chi connectivity index (χ3n) is 4.14. The molecule has 1 heterocycles. The molecule has 1 aliphatic rings. The summed E-state index contributed by atoms with van der Waals surface area (Å²) in [5.74, 6) is 1.73. The number of aliphatic imine (C=N–C) groups is 1. The van der Waals surface area contributed by atoms with Crippen LogP contribution >= 0.6 is 24.0 Å². The van der Waals surface area contributed by atoms with Gasteiger partial charge in [0.2, 0.25) is 11.7 Å². The predicted octanol–water partition coefficient (Wildman–Crippen LogP) is 3.31. The second-order valence-corrected chi connectivity index (χ2v) is 6.07. The van der Waals surface area contributed by atoms with Gasteiger partial charge in [-0.25, -0.2) is 0 Å². The fraction of sp³-hybridized carbons (Fsp3) is 0.471. The average molecular weight is 441 g/mol. The Morgan fingerprint density at radius 1 is 1.33 bits per heavy atom. The number of hydrogen-bond acceptors (Lipinski definition) is 4. The first-order valence-corrected chi connectivity index (χ1v) is 8.18. The molecule has 24 heavy (non-hydrogen) atoms. The molecule has 0 radical (unpaired) electrons. The molecule has 1 aromatic heterocycles. The first-order valence-electron chi connectivity index (χ1n) is 8.18. The number of halogens is 1. The van der Waals surface area contributed by atoms with E-state index in [1.54, 1.807) is 0 Å². The van der Waals surface area contributed by atoms with Crippen molar-refractivity contribution < 1.29 is 4.52 Å². The van der Waals surface area contributed by atoms with Crippen molar-refractivity contribution in [3.8, 4) is 11.4 Å². The van der Waals surface area contributed by atoms with E-state index < -0.39 is 0 Å². The largest absolute Gasteiger partial charge is 0.370 e. The monoisotopic (exact) mass is 441 g/mol. The molecule has 0 aliphatic heterocycles. The van der Waals surface area contributed by atoms with E-state index in [1.165, 1.54) is 25.7 Å². The molecule has 3 N–H and O–H groups in total. The molecule has 0 saturated heterocycles. The summed E-state index contributed by atoms with van der Waals surface area (Å²) in [6.45, 7) is 2.54. The highest BCUT2D eigenvalue weighted by atomic mass is 127. The number of rotatable bonds is 5. The molecular formula is C17H24IN5O. The van der Waals surface area contributed by atoms with Gasteiger partial charge in [0.25, 0.3) is 0 Å². The quantitative estimate of drug-likeness (QED) is 0.422. The Balaban J connectivity index is 0.00000208. The van der Waals surface area contributed by atoms with Crippen molar-refractivity contribution in [1.82, 2.24) is 15.5 Å². The normalized spacial score (nSPS) is 16.6. The first-order chi connectivity index (χ1) is 11.2. The van der Waals surface area contributed by atoms with Gasteiger partial charge in [-0.1, -0.05) is 55.3 Å². The molecule has 7 heteroatoms. The molecule has 0 amide bonds. The molecule has 6 nitrogen and oxygen atoms in total. The van der Waals surface area contributed by atoms with Crippen LogP contribution in [0.1, 0.15) is 44.4 Å². The number of guanidine groups is 1. The maximum absolute atomic E-state index is 5.95. The summed E-state index contributed by atoms with van der Waals surface area (Å²) in [7, 11) is 0. The fourth-order valence-corrected chi connectivity index (χ4v) is 2.78. The summed E-state index contributed by atoms with van der Waals surface area (Å²) < 4.78 is 5.35. The second kappa shape index (κ2) is 9.00. The van der Waals surface area contributed by atoms with Gasteiger partial charge in [0.15, 0.2) is 5.96 Å². The Kier molecular flexibility index (Phi) is 7.01. The highest BCUT2D eigenvalue weighted by Gasteiger charge is 2.17. The van der Waals surface area contributed by atoms with E-state index in [2.05, 4.69) is 20.4 Å². The number of aromatic nitrogens is 2. The Morgan fingerprint density at radius 2 is 2.04 bits per heavy atom. The van der Waals surface area contributed by atoms with Crippen molar-refractivity contribution in [2.45, 2.75) is 44.6 Å². The third kappa shape index (κ3) is 4.93. The van der Waals surface area contributed by atoms with Gasteiger partial charge in [0, 0.05) is 11.6 Å². The summed E-state index contributed by atoms with van der Waals surface area (Å²) in [5.41, 5.74) is 6.89. The summed E-state index contributed by atoms with van der Waals surface area (Å²) in [4.78, 5) is 8.85.